The Labute approximate surface area is 71.4 Å². The lowest BCUT2D eigenvalue weighted by atomic mass is 9.92. The first-order chi connectivity index (χ1) is 3.83. The van der Waals surface area contributed by atoms with Gasteiger partial charge >= 0.3 is 0 Å². The first kappa shape index (κ1) is 7.28. The average molecular weight is 291 g/mol. The maximum Gasteiger partial charge on any atom is 0.0560 e. The molecule has 0 atom stereocenters. The molecule has 3 heteroatoms. The Morgan fingerprint density at radius 3 is 2.25 bits per heavy atom. The molecule has 0 aromatic rings. The summed E-state index contributed by atoms with van der Waals surface area (Å²) >= 11 is 5.87. The van der Waals surface area contributed by atoms with Gasteiger partial charge in [0, 0.05) is 15.2 Å². The third kappa shape index (κ3) is 1.19. The van der Waals surface area contributed by atoms with Crippen molar-refractivity contribution in [2.45, 2.75) is 0 Å². The van der Waals surface area contributed by atoms with Gasteiger partial charge in [0.1, 0.15) is 0 Å². The number of hydrogen-bond donors (Lipinski definition) is 0. The van der Waals surface area contributed by atoms with E-state index in [4.69, 9.17) is 4.74 Å². The normalized spacial score (nSPS) is 24.8. The highest BCUT2D eigenvalue weighted by Crippen LogP contribution is 2.31. The Kier molecular flexibility index (Phi) is 2.58. The van der Waals surface area contributed by atoms with Gasteiger partial charge < -0.3 is 4.74 Å². The average Bonchev–Trinajstić information content (AvgIpc) is 1.67. The minimum Gasteiger partial charge on any atom is -0.380 e. The zero-order valence-electron chi connectivity index (χ0n) is 4.49. The van der Waals surface area contributed by atoms with Gasteiger partial charge in [-0.3, -0.25) is 0 Å². The first-order valence-corrected chi connectivity index (χ1v) is 5.17. The Hall–Kier alpha value is 1.17. The molecule has 0 radical (unpaired) electrons. The molecule has 1 fully saturated rings. The lowest BCUT2D eigenvalue weighted by molar-refractivity contribution is -0.0805. The number of ether oxygens (including phenoxy) is 1. The highest BCUT2D eigenvalue weighted by atomic mass is 127. The van der Waals surface area contributed by atoms with E-state index in [-0.39, 0.29) is 0 Å². The lowest BCUT2D eigenvalue weighted by Crippen LogP contribution is -2.45. The highest BCUT2D eigenvalue weighted by molar-refractivity contribution is 14.1. The van der Waals surface area contributed by atoms with Crippen molar-refractivity contribution in [3.63, 3.8) is 0 Å². The van der Waals surface area contributed by atoms with Crippen LogP contribution in [-0.4, -0.2) is 23.0 Å². The summed E-state index contributed by atoms with van der Waals surface area (Å²) in [7, 11) is 0. The van der Waals surface area contributed by atoms with Gasteiger partial charge in [-0.1, -0.05) is 38.5 Å². The van der Waals surface area contributed by atoms with E-state index in [2.05, 4.69) is 38.5 Å². The second-order valence-electron chi connectivity index (χ2n) is 2.26. The molecule has 1 saturated heterocycles. The van der Waals surface area contributed by atoms with Gasteiger partial charge in [-0.25, -0.2) is 0 Å². The van der Waals surface area contributed by atoms with Crippen LogP contribution in [-0.2, 0) is 4.74 Å². The van der Waals surface area contributed by atoms with Crippen molar-refractivity contribution in [1.82, 2.24) is 0 Å². The van der Waals surface area contributed by atoms with E-state index in [0.29, 0.717) is 5.41 Å². The van der Waals surface area contributed by atoms with Crippen LogP contribution in [0.2, 0.25) is 0 Å². The molecule has 1 aliphatic rings. The van der Waals surface area contributed by atoms with Gasteiger partial charge in [-0.05, 0) is 0 Å². The standard InChI is InChI=1S/C5H8BrIO/c6-1-5(2-7)3-8-4-5/h1-4H2. The topological polar surface area (TPSA) is 9.23 Å². The van der Waals surface area contributed by atoms with Crippen molar-refractivity contribution < 1.29 is 4.74 Å². The first-order valence-electron chi connectivity index (χ1n) is 2.53. The molecule has 0 spiro atoms. The number of hydrogen-bond acceptors (Lipinski definition) is 1. The molecular formula is C5H8BrIO. The van der Waals surface area contributed by atoms with E-state index in [1.54, 1.807) is 0 Å². The second-order valence-corrected chi connectivity index (χ2v) is 3.58. The monoisotopic (exact) mass is 290 g/mol. The molecule has 0 bridgehead atoms. The molecule has 1 rings (SSSR count). The summed E-state index contributed by atoms with van der Waals surface area (Å²) in [6, 6.07) is 0. The fourth-order valence-electron chi connectivity index (χ4n) is 0.581. The van der Waals surface area contributed by atoms with E-state index < -0.39 is 0 Å². The van der Waals surface area contributed by atoms with Crippen LogP contribution in [0, 0.1) is 5.41 Å². The summed E-state index contributed by atoms with van der Waals surface area (Å²) in [5.74, 6) is 0. The van der Waals surface area contributed by atoms with Gasteiger partial charge in [-0.2, -0.15) is 0 Å². The van der Waals surface area contributed by atoms with Crippen LogP contribution in [0.5, 0.6) is 0 Å². The number of halogens is 2. The van der Waals surface area contributed by atoms with Crippen LogP contribution in [0.1, 0.15) is 0 Å². The maximum atomic E-state index is 5.09. The van der Waals surface area contributed by atoms with Crippen molar-refractivity contribution in [2.24, 2.45) is 5.41 Å². The van der Waals surface area contributed by atoms with Crippen molar-refractivity contribution in [1.29, 1.82) is 0 Å². The van der Waals surface area contributed by atoms with E-state index in [9.17, 15) is 0 Å². The van der Waals surface area contributed by atoms with Crippen LogP contribution in [0.15, 0.2) is 0 Å². The predicted octanol–water partition coefficient (Wildman–Crippen LogP) is 1.83. The largest absolute Gasteiger partial charge is 0.380 e. The molecule has 0 amide bonds. The van der Waals surface area contributed by atoms with Crippen LogP contribution in [0.25, 0.3) is 0 Å². The molecule has 8 heavy (non-hydrogen) atoms. The Morgan fingerprint density at radius 2 is 2.25 bits per heavy atom. The van der Waals surface area contributed by atoms with Gasteiger partial charge in [0.25, 0.3) is 0 Å². The van der Waals surface area contributed by atoms with E-state index in [1.807, 2.05) is 0 Å². The zero-order chi connectivity index (χ0) is 6.04. The number of rotatable bonds is 2. The molecule has 0 aromatic carbocycles. The van der Waals surface area contributed by atoms with Crippen molar-refractivity contribution >= 4 is 38.5 Å². The van der Waals surface area contributed by atoms with Gasteiger partial charge in [0.2, 0.25) is 0 Å². The Morgan fingerprint density at radius 1 is 1.62 bits per heavy atom. The molecule has 1 heterocycles. The molecule has 1 aliphatic heterocycles. The summed E-state index contributed by atoms with van der Waals surface area (Å²) in [4.78, 5) is 0. The summed E-state index contributed by atoms with van der Waals surface area (Å²) < 4.78 is 6.29. The molecule has 0 aliphatic carbocycles. The van der Waals surface area contributed by atoms with Crippen LogP contribution >= 0.6 is 38.5 Å². The fourth-order valence-corrected chi connectivity index (χ4v) is 2.55. The minimum absolute atomic E-state index is 0.487. The zero-order valence-corrected chi connectivity index (χ0v) is 8.24. The Balaban J connectivity index is 2.33. The van der Waals surface area contributed by atoms with E-state index in [1.165, 1.54) is 4.43 Å². The molecular weight excluding hydrogens is 283 g/mol. The second kappa shape index (κ2) is 2.84. The van der Waals surface area contributed by atoms with Crippen LogP contribution < -0.4 is 0 Å². The van der Waals surface area contributed by atoms with Gasteiger partial charge in [0.15, 0.2) is 0 Å². The van der Waals surface area contributed by atoms with Gasteiger partial charge in [-0.15, -0.1) is 0 Å². The Bertz CT molecular complexity index is 69.0. The molecule has 48 valence electrons. The van der Waals surface area contributed by atoms with Crippen LogP contribution in [0.3, 0.4) is 0 Å². The number of alkyl halides is 2. The molecule has 0 N–H and O–H groups in total. The third-order valence-corrected chi connectivity index (χ3v) is 4.19. The molecule has 0 aromatic heterocycles. The van der Waals surface area contributed by atoms with Crippen molar-refractivity contribution in [3.05, 3.63) is 0 Å². The summed E-state index contributed by atoms with van der Waals surface area (Å²) in [6.07, 6.45) is 0. The summed E-state index contributed by atoms with van der Waals surface area (Å²) in [5.41, 5.74) is 0.487. The van der Waals surface area contributed by atoms with Gasteiger partial charge in [0.05, 0.1) is 13.2 Å². The summed E-state index contributed by atoms with van der Waals surface area (Å²) in [5, 5.41) is 1.09. The fraction of sp³-hybridized carbons (Fsp3) is 1.00. The van der Waals surface area contributed by atoms with Crippen molar-refractivity contribution in [3.8, 4) is 0 Å². The van der Waals surface area contributed by atoms with E-state index >= 15 is 0 Å². The van der Waals surface area contributed by atoms with E-state index in [0.717, 1.165) is 18.5 Å². The maximum absolute atomic E-state index is 5.09. The summed E-state index contributed by atoms with van der Waals surface area (Å²) in [6.45, 7) is 1.89. The minimum atomic E-state index is 0.487. The highest BCUT2D eigenvalue weighted by Gasteiger charge is 2.35. The lowest BCUT2D eigenvalue weighted by Gasteiger charge is -2.38. The third-order valence-electron chi connectivity index (χ3n) is 1.38. The molecule has 0 saturated carbocycles. The van der Waals surface area contributed by atoms with Crippen molar-refractivity contribution in [2.75, 3.05) is 23.0 Å². The van der Waals surface area contributed by atoms with Crippen LogP contribution in [0.4, 0.5) is 0 Å². The SMILES string of the molecule is BrCC1(CI)COC1. The predicted molar refractivity (Wildman–Crippen MR) is 45.9 cm³/mol. The quantitative estimate of drug-likeness (QED) is 0.557. The molecule has 0 unspecified atom stereocenters. The molecule has 1 nitrogen and oxygen atoms in total. The smallest absolute Gasteiger partial charge is 0.0560 e.